The molecule has 1 rings (SSSR count). The maximum atomic E-state index is 11.8. The van der Waals surface area contributed by atoms with E-state index in [-0.39, 0.29) is 24.1 Å². The third-order valence-electron chi connectivity index (χ3n) is 3.53. The van der Waals surface area contributed by atoms with Gasteiger partial charge in [-0.1, -0.05) is 6.42 Å². The molecule has 0 bridgehead atoms. The minimum atomic E-state index is -1.34. The molecule has 0 aromatic rings. The van der Waals surface area contributed by atoms with Crippen molar-refractivity contribution in [1.82, 2.24) is 4.90 Å². The third-order valence-corrected chi connectivity index (χ3v) is 3.53. The molecule has 1 saturated heterocycles. The van der Waals surface area contributed by atoms with Crippen LogP contribution in [0, 0.1) is 11.8 Å². The molecule has 0 aromatic heterocycles. The number of hydrogen-bond acceptors (Lipinski definition) is 6. The Kier molecular flexibility index (Phi) is 6.43. The Morgan fingerprint density at radius 1 is 1.47 bits per heavy atom. The zero-order valence-corrected chi connectivity index (χ0v) is 10.8. The van der Waals surface area contributed by atoms with E-state index in [0.29, 0.717) is 25.9 Å². The van der Waals surface area contributed by atoms with E-state index in [1.807, 2.05) is 0 Å². The summed E-state index contributed by atoms with van der Waals surface area (Å²) in [6.07, 6.45) is 2.32. The lowest BCUT2D eigenvalue weighted by molar-refractivity contribution is -0.132. The van der Waals surface area contributed by atoms with Crippen LogP contribution in [-0.4, -0.2) is 65.1 Å². The van der Waals surface area contributed by atoms with E-state index >= 15 is 0 Å². The number of amides is 1. The van der Waals surface area contributed by atoms with Crippen molar-refractivity contribution in [1.29, 1.82) is 0 Å². The monoisotopic (exact) mass is 272 g/mol. The molecule has 1 heterocycles. The van der Waals surface area contributed by atoms with Crippen LogP contribution in [0.15, 0.2) is 0 Å². The number of rotatable bonds is 7. The normalized spacial score (nSPS) is 24.3. The summed E-state index contributed by atoms with van der Waals surface area (Å²) in [6.45, 7) is 0.336. The molecule has 0 radical (unpaired) electrons. The van der Waals surface area contributed by atoms with Crippen molar-refractivity contribution in [3.8, 4) is 0 Å². The molecule has 1 aliphatic heterocycles. The van der Waals surface area contributed by atoms with E-state index in [1.165, 1.54) is 4.90 Å². The topological polar surface area (TPSA) is 124 Å². The molecule has 3 unspecified atom stereocenters. The second kappa shape index (κ2) is 7.59. The van der Waals surface area contributed by atoms with Gasteiger partial charge in [-0.2, -0.15) is 0 Å². The summed E-state index contributed by atoms with van der Waals surface area (Å²) in [7, 11) is -1.34. The minimum absolute atomic E-state index is 0.0195. The van der Waals surface area contributed by atoms with E-state index in [9.17, 15) is 9.59 Å². The molecule has 1 aliphatic rings. The van der Waals surface area contributed by atoms with Crippen LogP contribution in [-0.2, 0) is 9.59 Å². The number of likely N-dealkylation sites (tertiary alicyclic amines) is 1. The van der Waals surface area contributed by atoms with Crippen LogP contribution in [0.4, 0.5) is 0 Å². The SMILES string of the molecule is NC(CO)C(=O)N1CC(C=O)C(CCCB(O)O)C1. The molecule has 0 spiro atoms. The van der Waals surface area contributed by atoms with Gasteiger partial charge in [-0.05, 0) is 18.7 Å². The maximum Gasteiger partial charge on any atom is 0.451 e. The Morgan fingerprint density at radius 2 is 2.16 bits per heavy atom. The highest BCUT2D eigenvalue weighted by Gasteiger charge is 2.36. The fourth-order valence-electron chi connectivity index (χ4n) is 2.41. The highest BCUT2D eigenvalue weighted by Crippen LogP contribution is 2.27. The van der Waals surface area contributed by atoms with Gasteiger partial charge in [0, 0.05) is 19.0 Å². The van der Waals surface area contributed by atoms with Crippen LogP contribution in [0.2, 0.25) is 6.32 Å². The van der Waals surface area contributed by atoms with Gasteiger partial charge in [0.2, 0.25) is 5.91 Å². The summed E-state index contributed by atoms with van der Waals surface area (Å²) in [5.74, 6) is -0.573. The van der Waals surface area contributed by atoms with Gasteiger partial charge in [-0.25, -0.2) is 0 Å². The van der Waals surface area contributed by atoms with Crippen molar-refractivity contribution in [3.63, 3.8) is 0 Å². The molecule has 108 valence electrons. The predicted molar refractivity (Wildman–Crippen MR) is 68.9 cm³/mol. The Bertz CT molecular complexity index is 315. The second-order valence-corrected chi connectivity index (χ2v) is 5.00. The molecule has 7 nitrogen and oxygen atoms in total. The molecule has 19 heavy (non-hydrogen) atoms. The zero-order valence-electron chi connectivity index (χ0n) is 10.8. The van der Waals surface area contributed by atoms with Crippen LogP contribution < -0.4 is 5.73 Å². The van der Waals surface area contributed by atoms with Crippen molar-refractivity contribution in [2.75, 3.05) is 19.7 Å². The lowest BCUT2D eigenvalue weighted by Gasteiger charge is -2.19. The van der Waals surface area contributed by atoms with Gasteiger partial charge in [0.05, 0.1) is 6.61 Å². The Labute approximate surface area is 112 Å². The number of aldehydes is 1. The number of carbonyl (C=O) groups excluding carboxylic acids is 2. The number of hydrogen-bond donors (Lipinski definition) is 4. The lowest BCUT2D eigenvalue weighted by atomic mass is 9.81. The van der Waals surface area contributed by atoms with Crippen LogP contribution >= 0.6 is 0 Å². The fourth-order valence-corrected chi connectivity index (χ4v) is 2.41. The van der Waals surface area contributed by atoms with E-state index in [4.69, 9.17) is 20.9 Å². The molecule has 1 amide bonds. The highest BCUT2D eigenvalue weighted by molar-refractivity contribution is 6.40. The van der Waals surface area contributed by atoms with Crippen LogP contribution in [0.5, 0.6) is 0 Å². The van der Waals surface area contributed by atoms with Gasteiger partial charge in [-0.15, -0.1) is 0 Å². The van der Waals surface area contributed by atoms with Gasteiger partial charge in [0.15, 0.2) is 0 Å². The van der Waals surface area contributed by atoms with Crippen LogP contribution in [0.25, 0.3) is 0 Å². The largest absolute Gasteiger partial charge is 0.451 e. The summed E-state index contributed by atoms with van der Waals surface area (Å²) >= 11 is 0. The summed E-state index contributed by atoms with van der Waals surface area (Å²) in [5.41, 5.74) is 5.47. The van der Waals surface area contributed by atoms with Crippen molar-refractivity contribution in [3.05, 3.63) is 0 Å². The van der Waals surface area contributed by atoms with Crippen molar-refractivity contribution < 1.29 is 24.7 Å². The quantitative estimate of drug-likeness (QED) is 0.309. The van der Waals surface area contributed by atoms with E-state index < -0.39 is 19.8 Å². The standard InChI is InChI=1S/C11H21BN2O5/c13-10(7-16)11(17)14-4-8(9(5-14)6-15)2-1-3-12(18)19/h6,8-10,16,18-19H,1-5,7,13H2. The molecule has 1 fully saturated rings. The molecule has 0 aliphatic carbocycles. The summed E-state index contributed by atoms with van der Waals surface area (Å²) < 4.78 is 0. The Morgan fingerprint density at radius 3 is 2.68 bits per heavy atom. The highest BCUT2D eigenvalue weighted by atomic mass is 16.4. The number of aliphatic hydroxyl groups excluding tert-OH is 1. The molecule has 0 saturated carbocycles. The van der Waals surface area contributed by atoms with Gasteiger partial charge < -0.3 is 30.6 Å². The number of aliphatic hydroxyl groups is 1. The average Bonchev–Trinajstić information content (AvgIpc) is 2.79. The first kappa shape index (κ1) is 16.1. The Balaban J connectivity index is 2.50. The summed E-state index contributed by atoms with van der Waals surface area (Å²) in [6, 6.07) is -0.940. The van der Waals surface area contributed by atoms with E-state index in [0.717, 1.165) is 6.29 Å². The van der Waals surface area contributed by atoms with E-state index in [2.05, 4.69) is 0 Å². The number of carbonyl (C=O) groups is 2. The maximum absolute atomic E-state index is 11.8. The number of nitrogens with zero attached hydrogens (tertiary/aromatic N) is 1. The predicted octanol–water partition coefficient (Wildman–Crippen LogP) is -2.17. The third kappa shape index (κ3) is 4.57. The van der Waals surface area contributed by atoms with Crippen molar-refractivity contribution >= 4 is 19.3 Å². The first-order valence-electron chi connectivity index (χ1n) is 6.46. The van der Waals surface area contributed by atoms with Gasteiger partial charge >= 0.3 is 7.12 Å². The zero-order chi connectivity index (χ0) is 14.4. The summed E-state index contributed by atoms with van der Waals surface area (Å²) in [4.78, 5) is 24.3. The van der Waals surface area contributed by atoms with Gasteiger partial charge in [-0.3, -0.25) is 4.79 Å². The number of nitrogens with two attached hydrogens (primary N) is 1. The average molecular weight is 272 g/mol. The van der Waals surface area contributed by atoms with E-state index in [1.54, 1.807) is 0 Å². The molecular formula is C11H21BN2O5. The minimum Gasteiger partial charge on any atom is -0.427 e. The van der Waals surface area contributed by atoms with Crippen LogP contribution in [0.3, 0.4) is 0 Å². The molecule has 5 N–H and O–H groups in total. The Hall–Kier alpha value is -0.955. The lowest BCUT2D eigenvalue weighted by Crippen LogP contribution is -2.45. The van der Waals surface area contributed by atoms with Gasteiger partial charge in [0.25, 0.3) is 0 Å². The first-order valence-corrected chi connectivity index (χ1v) is 6.46. The smallest absolute Gasteiger partial charge is 0.427 e. The second-order valence-electron chi connectivity index (χ2n) is 5.00. The summed E-state index contributed by atoms with van der Waals surface area (Å²) in [5, 5.41) is 26.4. The molecule has 8 heteroatoms. The van der Waals surface area contributed by atoms with Gasteiger partial charge in [0.1, 0.15) is 12.3 Å². The van der Waals surface area contributed by atoms with Crippen molar-refractivity contribution in [2.45, 2.75) is 25.2 Å². The van der Waals surface area contributed by atoms with Crippen LogP contribution in [0.1, 0.15) is 12.8 Å². The van der Waals surface area contributed by atoms with Crippen molar-refractivity contribution in [2.24, 2.45) is 17.6 Å². The first-order chi connectivity index (χ1) is 8.99. The molecule has 3 atom stereocenters. The molecular weight excluding hydrogens is 251 g/mol. The fraction of sp³-hybridized carbons (Fsp3) is 0.818. The molecule has 0 aromatic carbocycles.